The van der Waals surface area contributed by atoms with E-state index >= 15 is 0 Å². The Bertz CT molecular complexity index is 318. The number of aliphatic carboxylic acids is 1. The molecule has 2 N–H and O–H groups in total. The van der Waals surface area contributed by atoms with E-state index in [9.17, 15) is 15.0 Å². The Morgan fingerprint density at radius 3 is 2.47 bits per heavy atom. The molecule has 0 aromatic carbocycles. The molecule has 4 saturated carbocycles. The quantitative estimate of drug-likeness (QED) is 0.693. The highest BCUT2D eigenvalue weighted by Crippen LogP contribution is 2.66. The highest BCUT2D eigenvalue weighted by molar-refractivity contribution is 5.75. The van der Waals surface area contributed by atoms with Crippen LogP contribution in [0.25, 0.3) is 0 Å². The molecule has 0 unspecified atom stereocenters. The van der Waals surface area contributed by atoms with Crippen molar-refractivity contribution in [1.29, 1.82) is 0 Å². The van der Waals surface area contributed by atoms with Gasteiger partial charge in [0.1, 0.15) is 0 Å². The molecule has 84 valence electrons. The number of rotatable bonds is 1. The molecule has 4 atom stereocenters. The van der Waals surface area contributed by atoms with Crippen molar-refractivity contribution in [1.82, 2.24) is 0 Å². The summed E-state index contributed by atoms with van der Waals surface area (Å²) in [4.78, 5) is 11.4. The van der Waals surface area contributed by atoms with Gasteiger partial charge in [-0.15, -0.1) is 0 Å². The summed E-state index contributed by atoms with van der Waals surface area (Å²) >= 11 is 0. The van der Waals surface area contributed by atoms with Crippen LogP contribution in [0, 0.1) is 16.7 Å². The molecule has 0 saturated heterocycles. The van der Waals surface area contributed by atoms with E-state index in [1.165, 1.54) is 0 Å². The Labute approximate surface area is 89.5 Å². The highest BCUT2D eigenvalue weighted by atomic mass is 16.4. The van der Waals surface area contributed by atoms with Gasteiger partial charge in [0.25, 0.3) is 0 Å². The number of carboxylic acid groups (broad SMARTS) is 1. The molecule has 0 amide bonds. The third kappa shape index (κ3) is 1.19. The lowest BCUT2D eigenvalue weighted by atomic mass is 9.43. The molecular formula is C12H18O3. The van der Waals surface area contributed by atoms with Crippen LogP contribution in [-0.4, -0.2) is 21.8 Å². The molecule has 4 rings (SSSR count). The fourth-order valence-electron chi connectivity index (χ4n) is 5.10. The Hall–Kier alpha value is -0.570. The molecule has 3 nitrogen and oxygen atoms in total. The van der Waals surface area contributed by atoms with E-state index in [0.717, 1.165) is 32.1 Å². The fraction of sp³-hybridized carbons (Fsp3) is 0.917. The van der Waals surface area contributed by atoms with Crippen LogP contribution in [0.4, 0.5) is 0 Å². The molecule has 3 heteroatoms. The van der Waals surface area contributed by atoms with Crippen molar-refractivity contribution in [2.45, 2.75) is 51.0 Å². The molecule has 4 aliphatic rings. The predicted octanol–water partition coefficient (Wildman–Crippen LogP) is 1.79. The Morgan fingerprint density at radius 2 is 1.93 bits per heavy atom. The van der Waals surface area contributed by atoms with E-state index < -0.39 is 17.0 Å². The first-order valence-electron chi connectivity index (χ1n) is 5.81. The van der Waals surface area contributed by atoms with E-state index in [4.69, 9.17) is 0 Å². The average molecular weight is 210 g/mol. The molecule has 4 bridgehead atoms. The maximum absolute atomic E-state index is 11.4. The summed E-state index contributed by atoms with van der Waals surface area (Å²) in [6.07, 6.45) is 4.81. The van der Waals surface area contributed by atoms with Gasteiger partial charge in [0.05, 0.1) is 11.0 Å². The van der Waals surface area contributed by atoms with Gasteiger partial charge in [-0.1, -0.05) is 6.92 Å². The van der Waals surface area contributed by atoms with Gasteiger partial charge in [-0.25, -0.2) is 0 Å². The zero-order valence-electron chi connectivity index (χ0n) is 9.12. The number of aliphatic hydroxyl groups is 1. The lowest BCUT2D eigenvalue weighted by molar-refractivity contribution is -0.209. The summed E-state index contributed by atoms with van der Waals surface area (Å²) in [6, 6.07) is 0. The van der Waals surface area contributed by atoms with E-state index in [1.54, 1.807) is 0 Å². The van der Waals surface area contributed by atoms with Crippen LogP contribution < -0.4 is 0 Å². The molecule has 15 heavy (non-hydrogen) atoms. The standard InChI is InChI=1S/C12H18O3/c1-10-2-8-3-11(5-10,9(13)14)7-12(15,4-8)6-10/h8,15H,2-7H2,1H3,(H,13,14)/t8-,10+,11-,12-/m1/s1. The van der Waals surface area contributed by atoms with Gasteiger partial charge in [0.15, 0.2) is 0 Å². The molecule has 0 aromatic heterocycles. The number of carboxylic acids is 1. The highest BCUT2D eigenvalue weighted by Gasteiger charge is 2.64. The molecule has 0 aliphatic heterocycles. The SMILES string of the molecule is C[C@@]12C[C@H]3C[C@@](O)(C1)C[C@@](C(=O)O)(C3)C2. The minimum atomic E-state index is -0.684. The molecule has 0 aromatic rings. The van der Waals surface area contributed by atoms with Crippen molar-refractivity contribution < 1.29 is 15.0 Å². The first-order valence-corrected chi connectivity index (χ1v) is 5.81. The van der Waals surface area contributed by atoms with Crippen LogP contribution in [0.15, 0.2) is 0 Å². The largest absolute Gasteiger partial charge is 0.481 e. The maximum atomic E-state index is 11.4. The minimum absolute atomic E-state index is 0.0759. The van der Waals surface area contributed by atoms with Crippen LogP contribution in [0.1, 0.15) is 45.4 Å². The van der Waals surface area contributed by atoms with Gasteiger partial charge < -0.3 is 10.2 Å². The van der Waals surface area contributed by atoms with E-state index in [2.05, 4.69) is 6.92 Å². The third-order valence-electron chi connectivity index (χ3n) is 4.77. The van der Waals surface area contributed by atoms with Crippen LogP contribution >= 0.6 is 0 Å². The minimum Gasteiger partial charge on any atom is -0.481 e. The monoisotopic (exact) mass is 210 g/mol. The first-order chi connectivity index (χ1) is 6.85. The smallest absolute Gasteiger partial charge is 0.309 e. The lowest BCUT2D eigenvalue weighted by Crippen LogP contribution is -2.61. The van der Waals surface area contributed by atoms with Gasteiger partial charge in [-0.05, 0) is 49.9 Å². The fourth-order valence-corrected chi connectivity index (χ4v) is 5.10. The van der Waals surface area contributed by atoms with Crippen LogP contribution in [-0.2, 0) is 4.79 Å². The molecule has 0 heterocycles. The van der Waals surface area contributed by atoms with Gasteiger partial charge >= 0.3 is 5.97 Å². The van der Waals surface area contributed by atoms with Crippen LogP contribution in [0.2, 0.25) is 0 Å². The Balaban J connectivity index is 2.05. The zero-order chi connectivity index (χ0) is 10.9. The second-order valence-electron chi connectivity index (χ2n) is 6.63. The molecule has 4 fully saturated rings. The molecule has 0 radical (unpaired) electrons. The van der Waals surface area contributed by atoms with Gasteiger partial charge in [-0.3, -0.25) is 4.79 Å². The maximum Gasteiger partial charge on any atom is 0.309 e. The summed E-state index contributed by atoms with van der Waals surface area (Å²) < 4.78 is 0. The van der Waals surface area contributed by atoms with Crippen molar-refractivity contribution in [2.75, 3.05) is 0 Å². The normalized spacial score (nSPS) is 57.1. The van der Waals surface area contributed by atoms with Crippen molar-refractivity contribution in [3.63, 3.8) is 0 Å². The summed E-state index contributed by atoms with van der Waals surface area (Å²) in [7, 11) is 0. The number of carbonyl (C=O) groups is 1. The summed E-state index contributed by atoms with van der Waals surface area (Å²) in [5.74, 6) is -0.247. The Kier molecular flexibility index (Phi) is 1.54. The van der Waals surface area contributed by atoms with Gasteiger partial charge in [0.2, 0.25) is 0 Å². The van der Waals surface area contributed by atoms with E-state index in [-0.39, 0.29) is 5.41 Å². The van der Waals surface area contributed by atoms with E-state index in [0.29, 0.717) is 12.3 Å². The van der Waals surface area contributed by atoms with E-state index in [1.807, 2.05) is 0 Å². The summed E-state index contributed by atoms with van der Waals surface area (Å²) in [5, 5.41) is 19.8. The third-order valence-corrected chi connectivity index (χ3v) is 4.77. The van der Waals surface area contributed by atoms with Crippen molar-refractivity contribution in [2.24, 2.45) is 16.7 Å². The van der Waals surface area contributed by atoms with Crippen molar-refractivity contribution in [3.8, 4) is 0 Å². The molecular weight excluding hydrogens is 192 g/mol. The zero-order valence-corrected chi connectivity index (χ0v) is 9.12. The van der Waals surface area contributed by atoms with Crippen LogP contribution in [0.3, 0.4) is 0 Å². The van der Waals surface area contributed by atoms with Gasteiger partial charge in [0, 0.05) is 0 Å². The number of hydrogen-bond acceptors (Lipinski definition) is 2. The second kappa shape index (κ2) is 2.40. The predicted molar refractivity (Wildman–Crippen MR) is 54.3 cm³/mol. The topological polar surface area (TPSA) is 57.5 Å². The first kappa shape index (κ1) is 9.64. The summed E-state index contributed by atoms with van der Waals surface area (Å²) in [6.45, 7) is 2.15. The average Bonchev–Trinajstić information content (AvgIpc) is 1.95. The molecule has 0 spiro atoms. The Morgan fingerprint density at radius 1 is 1.20 bits per heavy atom. The molecule has 4 aliphatic carbocycles. The lowest BCUT2D eigenvalue weighted by Gasteiger charge is -2.62. The number of hydrogen-bond donors (Lipinski definition) is 2. The second-order valence-corrected chi connectivity index (χ2v) is 6.63. The van der Waals surface area contributed by atoms with Crippen LogP contribution in [0.5, 0.6) is 0 Å². The van der Waals surface area contributed by atoms with Gasteiger partial charge in [-0.2, -0.15) is 0 Å². The van der Waals surface area contributed by atoms with Crippen molar-refractivity contribution >= 4 is 5.97 Å². The van der Waals surface area contributed by atoms with Crippen molar-refractivity contribution in [3.05, 3.63) is 0 Å². The summed E-state index contributed by atoms with van der Waals surface area (Å²) in [5.41, 5.74) is -1.21.